The van der Waals surface area contributed by atoms with Crippen molar-refractivity contribution in [2.24, 2.45) is 5.92 Å². The summed E-state index contributed by atoms with van der Waals surface area (Å²) in [6.45, 7) is 3.96. The van der Waals surface area contributed by atoms with E-state index in [0.29, 0.717) is 30.0 Å². The van der Waals surface area contributed by atoms with E-state index in [1.165, 1.54) is 0 Å². The topological polar surface area (TPSA) is 60.9 Å². The van der Waals surface area contributed by atoms with Crippen LogP contribution in [0.25, 0.3) is 0 Å². The fourth-order valence-electron chi connectivity index (χ4n) is 4.31. The molecule has 3 amide bonds. The third-order valence-electron chi connectivity index (χ3n) is 6.35. The quantitative estimate of drug-likeness (QED) is 0.832. The van der Waals surface area contributed by atoms with Crippen LogP contribution >= 0.6 is 0 Å². The predicted octanol–water partition coefficient (Wildman–Crippen LogP) is 2.24. The third kappa shape index (κ3) is 2.42. The Kier molecular flexibility index (Phi) is 3.82. The number of anilines is 1. The first kappa shape index (κ1) is 17.1. The Hall–Kier alpha value is -2.37. The van der Waals surface area contributed by atoms with Gasteiger partial charge in [0.05, 0.1) is 11.3 Å². The molecule has 1 aliphatic carbocycles. The van der Waals surface area contributed by atoms with Crippen molar-refractivity contribution in [1.29, 1.82) is 0 Å². The van der Waals surface area contributed by atoms with Crippen LogP contribution in [0.2, 0.25) is 0 Å². The summed E-state index contributed by atoms with van der Waals surface area (Å²) >= 11 is 0. The number of fused-ring (bicyclic) bond motifs is 3. The van der Waals surface area contributed by atoms with E-state index >= 15 is 0 Å². The van der Waals surface area contributed by atoms with Gasteiger partial charge in [0.2, 0.25) is 11.8 Å². The second-order valence-electron chi connectivity index (χ2n) is 7.94. The van der Waals surface area contributed by atoms with Gasteiger partial charge in [0.15, 0.2) is 0 Å². The zero-order chi connectivity index (χ0) is 18.6. The summed E-state index contributed by atoms with van der Waals surface area (Å²) < 4.78 is 0. The van der Waals surface area contributed by atoms with E-state index in [9.17, 15) is 14.4 Å². The van der Waals surface area contributed by atoms with Crippen LogP contribution in [-0.4, -0.2) is 52.8 Å². The number of likely N-dealkylation sites (N-methyl/N-ethyl adjacent to an activating group) is 1. The summed E-state index contributed by atoms with van der Waals surface area (Å²) in [6.07, 6.45) is 3.25. The normalized spacial score (nSPS) is 25.8. The Morgan fingerprint density at radius 3 is 2.69 bits per heavy atom. The number of hydrogen-bond acceptors (Lipinski definition) is 3. The number of hydrogen-bond donors (Lipinski definition) is 0. The molecule has 2 aliphatic heterocycles. The molecule has 138 valence electrons. The van der Waals surface area contributed by atoms with Gasteiger partial charge >= 0.3 is 0 Å². The molecule has 3 aliphatic rings. The van der Waals surface area contributed by atoms with Crippen molar-refractivity contribution in [3.05, 3.63) is 29.8 Å². The molecule has 1 aromatic carbocycles. The van der Waals surface area contributed by atoms with Gasteiger partial charge in [0, 0.05) is 19.5 Å². The summed E-state index contributed by atoms with van der Waals surface area (Å²) in [4.78, 5) is 43.7. The fourth-order valence-corrected chi connectivity index (χ4v) is 4.31. The minimum Gasteiger partial charge on any atom is -0.341 e. The van der Waals surface area contributed by atoms with Crippen LogP contribution in [0.4, 0.5) is 5.69 Å². The predicted molar refractivity (Wildman–Crippen MR) is 97.6 cm³/mol. The van der Waals surface area contributed by atoms with Crippen LogP contribution < -0.4 is 4.90 Å². The van der Waals surface area contributed by atoms with Gasteiger partial charge in [0.25, 0.3) is 5.91 Å². The van der Waals surface area contributed by atoms with Crippen molar-refractivity contribution in [3.8, 4) is 0 Å². The van der Waals surface area contributed by atoms with E-state index in [-0.39, 0.29) is 30.3 Å². The summed E-state index contributed by atoms with van der Waals surface area (Å²) in [7, 11) is 1.81. The molecule has 0 unspecified atom stereocenters. The highest BCUT2D eigenvalue weighted by Gasteiger charge is 2.53. The van der Waals surface area contributed by atoms with Crippen LogP contribution in [0, 0.1) is 5.92 Å². The van der Waals surface area contributed by atoms with Gasteiger partial charge < -0.3 is 9.80 Å². The van der Waals surface area contributed by atoms with E-state index in [4.69, 9.17) is 0 Å². The smallest absolute Gasteiger partial charge is 0.258 e. The zero-order valence-corrected chi connectivity index (χ0v) is 15.6. The van der Waals surface area contributed by atoms with Gasteiger partial charge in [-0.05, 0) is 51.2 Å². The van der Waals surface area contributed by atoms with Crippen LogP contribution in [0.3, 0.4) is 0 Å². The summed E-state index contributed by atoms with van der Waals surface area (Å²) in [5.41, 5.74) is 0.374. The van der Waals surface area contributed by atoms with E-state index in [1.807, 2.05) is 26.1 Å². The maximum atomic E-state index is 13.2. The first-order valence-corrected chi connectivity index (χ1v) is 9.34. The standard InChI is InChI=1S/C20H25N3O3/c1-13(14-8-9-14)21(3)18(25)12-22-19(26)15-6-4-5-7-16(15)23-17(24)10-11-20(22,23)2/h4-7,13-14H,8-12H2,1-3H3/t13-,20-/m0/s1. The zero-order valence-electron chi connectivity index (χ0n) is 15.6. The van der Waals surface area contributed by atoms with Gasteiger partial charge in [-0.1, -0.05) is 12.1 Å². The average molecular weight is 355 g/mol. The Labute approximate surface area is 153 Å². The Bertz CT molecular complexity index is 788. The number of carbonyl (C=O) groups excluding carboxylic acids is 3. The molecule has 4 rings (SSSR count). The number of rotatable bonds is 4. The van der Waals surface area contributed by atoms with Crippen molar-refractivity contribution in [2.45, 2.75) is 51.2 Å². The lowest BCUT2D eigenvalue weighted by molar-refractivity contribution is -0.134. The molecule has 0 bridgehead atoms. The van der Waals surface area contributed by atoms with Crippen LogP contribution in [-0.2, 0) is 9.59 Å². The third-order valence-corrected chi connectivity index (χ3v) is 6.35. The van der Waals surface area contributed by atoms with Crippen LogP contribution in [0.5, 0.6) is 0 Å². The molecular weight excluding hydrogens is 330 g/mol. The highest BCUT2D eigenvalue weighted by Crippen LogP contribution is 2.44. The molecule has 0 radical (unpaired) electrons. The van der Waals surface area contributed by atoms with Crippen LogP contribution in [0.1, 0.15) is 49.9 Å². The lowest BCUT2D eigenvalue weighted by atomic mass is 9.98. The van der Waals surface area contributed by atoms with E-state index < -0.39 is 5.66 Å². The lowest BCUT2D eigenvalue weighted by Crippen LogP contribution is -2.64. The molecule has 6 nitrogen and oxygen atoms in total. The molecule has 6 heteroatoms. The van der Waals surface area contributed by atoms with Crippen molar-refractivity contribution in [1.82, 2.24) is 9.80 Å². The van der Waals surface area contributed by atoms with E-state index in [0.717, 1.165) is 12.8 Å². The van der Waals surface area contributed by atoms with E-state index in [2.05, 4.69) is 6.92 Å². The second-order valence-corrected chi connectivity index (χ2v) is 7.94. The molecule has 1 saturated carbocycles. The summed E-state index contributed by atoms with van der Waals surface area (Å²) in [5.74, 6) is 0.332. The second kappa shape index (κ2) is 5.83. The largest absolute Gasteiger partial charge is 0.341 e. The molecule has 2 fully saturated rings. The SMILES string of the molecule is C[C@@H](C1CC1)N(C)C(=O)CN1C(=O)c2ccccc2N2C(=O)CC[C@@]12C. The molecule has 26 heavy (non-hydrogen) atoms. The van der Waals surface area contributed by atoms with Crippen molar-refractivity contribution in [2.75, 3.05) is 18.5 Å². The van der Waals surface area contributed by atoms with Crippen molar-refractivity contribution in [3.63, 3.8) is 0 Å². The number of amides is 3. The molecule has 0 spiro atoms. The monoisotopic (exact) mass is 355 g/mol. The molecule has 2 heterocycles. The van der Waals surface area contributed by atoms with E-state index in [1.54, 1.807) is 26.8 Å². The highest BCUT2D eigenvalue weighted by molar-refractivity contribution is 6.11. The maximum Gasteiger partial charge on any atom is 0.258 e. The Morgan fingerprint density at radius 2 is 2.00 bits per heavy atom. The van der Waals surface area contributed by atoms with Gasteiger partial charge in [0.1, 0.15) is 12.2 Å². The summed E-state index contributed by atoms with van der Waals surface area (Å²) in [5, 5.41) is 0. The van der Waals surface area contributed by atoms with Gasteiger partial charge in [-0.3, -0.25) is 19.3 Å². The molecule has 2 atom stereocenters. The Balaban J connectivity index is 1.66. The molecule has 0 aromatic heterocycles. The number of carbonyl (C=O) groups is 3. The van der Waals surface area contributed by atoms with Crippen molar-refractivity contribution >= 4 is 23.4 Å². The highest BCUT2D eigenvalue weighted by atomic mass is 16.2. The van der Waals surface area contributed by atoms with Gasteiger partial charge in [-0.2, -0.15) is 0 Å². The minimum atomic E-state index is -0.776. The maximum absolute atomic E-state index is 13.2. The number of para-hydroxylation sites is 1. The van der Waals surface area contributed by atoms with Crippen LogP contribution in [0.15, 0.2) is 24.3 Å². The molecule has 1 aromatic rings. The molecular formula is C20H25N3O3. The number of benzene rings is 1. The lowest BCUT2D eigenvalue weighted by Gasteiger charge is -2.48. The Morgan fingerprint density at radius 1 is 1.31 bits per heavy atom. The first-order valence-electron chi connectivity index (χ1n) is 9.34. The van der Waals surface area contributed by atoms with Crippen molar-refractivity contribution < 1.29 is 14.4 Å². The average Bonchev–Trinajstić information content (AvgIpc) is 3.43. The van der Waals surface area contributed by atoms with Gasteiger partial charge in [-0.15, -0.1) is 0 Å². The fraction of sp³-hybridized carbons (Fsp3) is 0.550. The summed E-state index contributed by atoms with van der Waals surface area (Å²) in [6, 6.07) is 7.36. The van der Waals surface area contributed by atoms with Gasteiger partial charge in [-0.25, -0.2) is 0 Å². The number of nitrogens with zero attached hydrogens (tertiary/aromatic N) is 3. The molecule has 1 saturated heterocycles. The molecule has 0 N–H and O–H groups in total. The first-order chi connectivity index (χ1) is 12.3. The minimum absolute atomic E-state index is 0.001000.